The van der Waals surface area contributed by atoms with E-state index in [1.54, 1.807) is 62.8 Å². The molecular formula is C36H36N2O6. The molecule has 0 aliphatic rings. The highest BCUT2D eigenvalue weighted by Gasteiger charge is 2.09. The van der Waals surface area contributed by atoms with Gasteiger partial charge in [0.25, 0.3) is 0 Å². The maximum atomic E-state index is 12.4. The van der Waals surface area contributed by atoms with E-state index in [0.29, 0.717) is 36.8 Å². The Balaban J connectivity index is 1.09. The number of hydrogen-bond acceptors (Lipinski definition) is 8. The van der Waals surface area contributed by atoms with E-state index in [0.717, 1.165) is 34.0 Å². The van der Waals surface area contributed by atoms with Gasteiger partial charge in [0, 0.05) is 25.3 Å². The molecule has 0 saturated carbocycles. The molecule has 0 amide bonds. The zero-order chi connectivity index (χ0) is 31.0. The maximum absolute atomic E-state index is 12.4. The molecule has 0 N–H and O–H groups in total. The smallest absolute Gasteiger partial charge is 0.338 e. The van der Waals surface area contributed by atoms with Gasteiger partial charge in [-0.2, -0.15) is 0 Å². The molecule has 4 aromatic rings. The van der Waals surface area contributed by atoms with Crippen LogP contribution in [0.4, 0.5) is 11.4 Å². The van der Waals surface area contributed by atoms with E-state index in [9.17, 15) is 9.59 Å². The van der Waals surface area contributed by atoms with Crippen LogP contribution in [0.2, 0.25) is 0 Å². The Morgan fingerprint density at radius 1 is 0.545 bits per heavy atom. The topological polar surface area (TPSA) is 95.8 Å². The van der Waals surface area contributed by atoms with Crippen LogP contribution in [0.3, 0.4) is 0 Å². The van der Waals surface area contributed by atoms with Crippen molar-refractivity contribution in [2.45, 2.75) is 25.7 Å². The van der Waals surface area contributed by atoms with E-state index in [4.69, 9.17) is 18.9 Å². The molecule has 4 rings (SSSR count). The van der Waals surface area contributed by atoms with Crippen molar-refractivity contribution in [2.75, 3.05) is 27.4 Å². The molecule has 4 aromatic carbocycles. The molecule has 0 spiro atoms. The molecule has 0 unspecified atom stereocenters. The second kappa shape index (κ2) is 17.0. The summed E-state index contributed by atoms with van der Waals surface area (Å²) in [6.45, 7) is 0.475. The second-order valence-electron chi connectivity index (χ2n) is 9.80. The minimum absolute atomic E-state index is 0.237. The molecule has 0 aliphatic heterocycles. The summed E-state index contributed by atoms with van der Waals surface area (Å²) in [6, 6.07) is 29.6. The number of esters is 2. The van der Waals surface area contributed by atoms with Crippen molar-refractivity contribution in [2.24, 2.45) is 9.98 Å². The summed E-state index contributed by atoms with van der Waals surface area (Å²) < 4.78 is 21.0. The molecule has 0 fully saturated rings. The van der Waals surface area contributed by atoms with Gasteiger partial charge in [0.2, 0.25) is 0 Å². The van der Waals surface area contributed by atoms with Crippen molar-refractivity contribution in [3.05, 3.63) is 119 Å². The molecule has 226 valence electrons. The summed E-state index contributed by atoms with van der Waals surface area (Å²) in [6.07, 6.45) is 6.20. The Kier molecular flexibility index (Phi) is 12.3. The van der Waals surface area contributed by atoms with Crippen LogP contribution in [0.1, 0.15) is 44.7 Å². The van der Waals surface area contributed by atoms with Crippen LogP contribution in [-0.2, 0) is 22.3 Å². The van der Waals surface area contributed by atoms with Crippen LogP contribution >= 0.6 is 0 Å². The maximum Gasteiger partial charge on any atom is 0.338 e. The Labute approximate surface area is 258 Å². The van der Waals surface area contributed by atoms with E-state index in [1.807, 2.05) is 61.0 Å². The van der Waals surface area contributed by atoms with Crippen LogP contribution < -0.4 is 9.47 Å². The van der Waals surface area contributed by atoms with E-state index < -0.39 is 11.9 Å². The van der Waals surface area contributed by atoms with Gasteiger partial charge in [-0.05, 0) is 96.8 Å². The normalized spacial score (nSPS) is 11.0. The Hall–Kier alpha value is -5.24. The number of rotatable bonds is 15. The molecule has 8 nitrogen and oxygen atoms in total. The van der Waals surface area contributed by atoms with E-state index in [-0.39, 0.29) is 13.2 Å². The number of ether oxygens (including phenoxy) is 4. The Bertz CT molecular complexity index is 1410. The van der Waals surface area contributed by atoms with Crippen LogP contribution in [-0.4, -0.2) is 51.8 Å². The lowest BCUT2D eigenvalue weighted by atomic mass is 10.1. The molecule has 0 saturated heterocycles. The zero-order valence-electron chi connectivity index (χ0n) is 25.0. The lowest BCUT2D eigenvalue weighted by Gasteiger charge is -2.07. The van der Waals surface area contributed by atoms with Crippen molar-refractivity contribution in [1.29, 1.82) is 0 Å². The van der Waals surface area contributed by atoms with Crippen molar-refractivity contribution in [1.82, 2.24) is 0 Å². The van der Waals surface area contributed by atoms with Crippen molar-refractivity contribution in [3.8, 4) is 11.5 Å². The fourth-order valence-corrected chi connectivity index (χ4v) is 4.10. The predicted molar refractivity (Wildman–Crippen MR) is 172 cm³/mol. The van der Waals surface area contributed by atoms with Crippen LogP contribution in [0.15, 0.2) is 107 Å². The molecule has 0 aliphatic carbocycles. The fourth-order valence-electron chi connectivity index (χ4n) is 4.10. The van der Waals surface area contributed by atoms with Gasteiger partial charge in [0.05, 0.1) is 49.9 Å². The van der Waals surface area contributed by atoms with Gasteiger partial charge in [0.15, 0.2) is 0 Å². The third-order valence-electron chi connectivity index (χ3n) is 6.66. The molecule has 0 atom stereocenters. The number of hydrogen-bond donors (Lipinski definition) is 0. The second-order valence-corrected chi connectivity index (χ2v) is 9.80. The van der Waals surface area contributed by atoms with Crippen molar-refractivity contribution >= 4 is 35.7 Å². The molecule has 44 heavy (non-hydrogen) atoms. The third kappa shape index (κ3) is 10.2. The number of methoxy groups -OCH3 is 2. The molecule has 8 heteroatoms. The number of carbonyl (C=O) groups excluding carboxylic acids is 2. The third-order valence-corrected chi connectivity index (χ3v) is 6.66. The molecule has 0 radical (unpaired) electrons. The number of aliphatic imine (C=N–C) groups is 2. The highest BCUT2D eigenvalue weighted by Crippen LogP contribution is 2.17. The van der Waals surface area contributed by atoms with Crippen molar-refractivity contribution < 1.29 is 28.5 Å². The molecule has 0 bridgehead atoms. The standard InChI is InChI=1S/C36H36N2O6/c1-41-33-17-5-27(6-18-33)21-23-37-31-13-9-29(10-14-31)35(39)43-25-3-4-26-44-36(40)30-11-15-32(16-12-30)38-24-22-28-7-19-34(42-2)20-8-28/h5-20,23-24H,3-4,21-22,25-26H2,1-2H3. The van der Waals surface area contributed by atoms with Crippen molar-refractivity contribution in [3.63, 3.8) is 0 Å². The van der Waals surface area contributed by atoms with Crippen LogP contribution in [0.25, 0.3) is 0 Å². The first kappa shape index (κ1) is 31.7. The van der Waals surface area contributed by atoms with Gasteiger partial charge in [-0.3, -0.25) is 9.98 Å². The first-order valence-electron chi connectivity index (χ1n) is 14.4. The molecular weight excluding hydrogens is 556 g/mol. The molecule has 0 aromatic heterocycles. The van der Waals surface area contributed by atoms with Gasteiger partial charge >= 0.3 is 11.9 Å². The van der Waals surface area contributed by atoms with Crippen LogP contribution in [0.5, 0.6) is 11.5 Å². The lowest BCUT2D eigenvalue weighted by molar-refractivity contribution is 0.0432. The first-order valence-corrected chi connectivity index (χ1v) is 14.4. The van der Waals surface area contributed by atoms with Gasteiger partial charge in [0.1, 0.15) is 11.5 Å². The van der Waals surface area contributed by atoms with Gasteiger partial charge in [-0.25, -0.2) is 9.59 Å². The van der Waals surface area contributed by atoms with E-state index in [1.165, 1.54) is 0 Å². The summed E-state index contributed by atoms with van der Waals surface area (Å²) in [5, 5.41) is 0. The van der Waals surface area contributed by atoms with Gasteiger partial charge in [-0.1, -0.05) is 24.3 Å². The van der Waals surface area contributed by atoms with E-state index >= 15 is 0 Å². The summed E-state index contributed by atoms with van der Waals surface area (Å²) >= 11 is 0. The average Bonchev–Trinajstić information content (AvgIpc) is 3.07. The highest BCUT2D eigenvalue weighted by molar-refractivity contribution is 5.90. The summed E-state index contributed by atoms with van der Waals surface area (Å²) in [5.41, 5.74) is 4.68. The zero-order valence-corrected chi connectivity index (χ0v) is 25.0. The van der Waals surface area contributed by atoms with Gasteiger partial charge in [-0.15, -0.1) is 0 Å². The summed E-state index contributed by atoms with van der Waals surface area (Å²) in [5.74, 6) is 0.835. The molecule has 0 heterocycles. The number of carbonyl (C=O) groups is 2. The fraction of sp³-hybridized carbons (Fsp3) is 0.222. The Morgan fingerprint density at radius 2 is 0.909 bits per heavy atom. The number of nitrogens with zero attached hydrogens (tertiary/aromatic N) is 2. The first-order chi connectivity index (χ1) is 21.5. The SMILES string of the molecule is COc1ccc(CC=Nc2ccc(C(=O)OCCCCOC(=O)c3ccc(N=CCc4ccc(OC)cc4)cc3)cc2)cc1. The minimum atomic E-state index is -0.400. The summed E-state index contributed by atoms with van der Waals surface area (Å²) in [4.78, 5) is 33.6. The van der Waals surface area contributed by atoms with Gasteiger partial charge < -0.3 is 18.9 Å². The van der Waals surface area contributed by atoms with E-state index in [2.05, 4.69) is 9.98 Å². The average molecular weight is 593 g/mol. The highest BCUT2D eigenvalue weighted by atomic mass is 16.5. The predicted octanol–water partition coefficient (Wildman–Crippen LogP) is 7.39. The number of unbranched alkanes of at least 4 members (excludes halogenated alkanes) is 1. The largest absolute Gasteiger partial charge is 0.497 e. The quantitative estimate of drug-likeness (QED) is 0.0812. The van der Waals surface area contributed by atoms with Crippen LogP contribution in [0, 0.1) is 0 Å². The monoisotopic (exact) mass is 592 g/mol. The Morgan fingerprint density at radius 3 is 1.25 bits per heavy atom. The minimum Gasteiger partial charge on any atom is -0.497 e. The number of benzene rings is 4. The summed E-state index contributed by atoms with van der Waals surface area (Å²) in [7, 11) is 3.28. The lowest BCUT2D eigenvalue weighted by Crippen LogP contribution is -2.09.